The highest BCUT2D eigenvalue weighted by Crippen LogP contribution is 2.28. The molecule has 0 spiro atoms. The first kappa shape index (κ1) is 23.7. The van der Waals surface area contributed by atoms with Gasteiger partial charge in [0.25, 0.3) is 5.56 Å². The molecule has 2 aromatic carbocycles. The number of H-pyrrole nitrogens is 1. The van der Waals surface area contributed by atoms with Gasteiger partial charge in [-0.25, -0.2) is 8.42 Å². The van der Waals surface area contributed by atoms with Crippen molar-refractivity contribution in [2.45, 2.75) is 65.0 Å². The minimum atomic E-state index is -3.85. The van der Waals surface area contributed by atoms with Crippen LogP contribution in [0.2, 0.25) is 0 Å². The molecule has 0 bridgehead atoms. The molecule has 2 heterocycles. The van der Waals surface area contributed by atoms with E-state index in [9.17, 15) is 13.2 Å². The van der Waals surface area contributed by atoms with Crippen LogP contribution in [0, 0.1) is 34.6 Å². The van der Waals surface area contributed by atoms with Gasteiger partial charge in [-0.15, -0.1) is 0 Å². The van der Waals surface area contributed by atoms with E-state index in [0.29, 0.717) is 28.2 Å². The van der Waals surface area contributed by atoms with Crippen molar-refractivity contribution >= 4 is 20.9 Å². The predicted octanol–water partition coefficient (Wildman–Crippen LogP) is 4.44. The fraction of sp³-hybridized carbons (Fsp3) is 0.423. The van der Waals surface area contributed by atoms with Crippen LogP contribution in [-0.4, -0.2) is 37.0 Å². The lowest BCUT2D eigenvalue weighted by Gasteiger charge is -2.26. The molecule has 1 aliphatic rings. The lowest BCUT2D eigenvalue weighted by Crippen LogP contribution is -2.39. The van der Waals surface area contributed by atoms with Gasteiger partial charge in [-0.3, -0.25) is 4.79 Å². The quantitative estimate of drug-likeness (QED) is 0.580. The fourth-order valence-corrected chi connectivity index (χ4v) is 6.87. The first-order valence-electron chi connectivity index (χ1n) is 11.4. The van der Waals surface area contributed by atoms with E-state index in [1.54, 1.807) is 0 Å². The summed E-state index contributed by atoms with van der Waals surface area (Å²) in [5.74, 6) is 0. The lowest BCUT2D eigenvalue weighted by molar-refractivity contribution is 0.0925. The average molecular weight is 469 g/mol. The maximum absolute atomic E-state index is 13.9. The van der Waals surface area contributed by atoms with Gasteiger partial charge in [0, 0.05) is 25.3 Å². The topological polar surface area (TPSA) is 79.5 Å². The van der Waals surface area contributed by atoms with Crippen molar-refractivity contribution in [3.05, 3.63) is 74.1 Å². The van der Waals surface area contributed by atoms with Gasteiger partial charge in [0.1, 0.15) is 0 Å². The normalized spacial score (nSPS) is 16.7. The molecule has 0 amide bonds. The van der Waals surface area contributed by atoms with E-state index in [0.717, 1.165) is 40.4 Å². The molecule has 1 fully saturated rings. The molecule has 1 N–H and O–H groups in total. The third kappa shape index (κ3) is 4.76. The summed E-state index contributed by atoms with van der Waals surface area (Å²) in [6.07, 6.45) is 1.55. The van der Waals surface area contributed by atoms with Crippen LogP contribution >= 0.6 is 0 Å². The Labute approximate surface area is 195 Å². The number of hydrogen-bond acceptors (Lipinski definition) is 4. The highest BCUT2D eigenvalue weighted by molar-refractivity contribution is 7.89. The molecule has 176 valence electrons. The third-order valence-corrected chi connectivity index (χ3v) is 8.47. The molecule has 0 aliphatic carbocycles. The molecule has 3 aromatic rings. The summed E-state index contributed by atoms with van der Waals surface area (Å²) in [6, 6.07) is 9.63. The molecule has 1 aliphatic heterocycles. The van der Waals surface area contributed by atoms with Crippen LogP contribution < -0.4 is 5.56 Å². The first-order valence-corrected chi connectivity index (χ1v) is 12.8. The molecule has 33 heavy (non-hydrogen) atoms. The lowest BCUT2D eigenvalue weighted by atomic mass is 10.1. The minimum absolute atomic E-state index is 0.00673. The molecule has 1 aromatic heterocycles. The SMILES string of the molecule is Cc1cc(C)c(S(=O)(=O)N(Cc2cc3cc(C)cc(C)c3[nH]c2=O)C[C@H]2CCCO2)c(C)c1. The highest BCUT2D eigenvalue weighted by Gasteiger charge is 2.32. The number of aromatic nitrogens is 1. The monoisotopic (exact) mass is 468 g/mol. The number of ether oxygens (including phenoxy) is 1. The Hall–Kier alpha value is -2.48. The predicted molar refractivity (Wildman–Crippen MR) is 131 cm³/mol. The molecule has 1 atom stereocenters. The van der Waals surface area contributed by atoms with Crippen molar-refractivity contribution in [2.24, 2.45) is 0 Å². The summed E-state index contributed by atoms with van der Waals surface area (Å²) in [4.78, 5) is 16.3. The number of aryl methyl sites for hydroxylation is 5. The second kappa shape index (κ2) is 9.05. The standard InChI is InChI=1S/C26H32N2O4S/c1-16-10-19(4)25(20(5)11-16)33(30,31)28(15-23-7-6-8-32-23)14-22-13-21-12-17(2)9-18(3)24(21)27-26(22)29/h9-13,23H,6-8,14-15H2,1-5H3,(H,27,29)/t23-/m1/s1. The second-order valence-electron chi connectivity index (χ2n) is 9.33. The van der Waals surface area contributed by atoms with Crippen molar-refractivity contribution in [1.29, 1.82) is 0 Å². The van der Waals surface area contributed by atoms with E-state index in [1.807, 2.05) is 65.0 Å². The number of rotatable bonds is 6. The molecule has 6 nitrogen and oxygen atoms in total. The molecule has 4 rings (SSSR count). The molecular formula is C26H32N2O4S. The maximum Gasteiger partial charge on any atom is 0.252 e. The molecule has 1 saturated heterocycles. The fourth-order valence-electron chi connectivity index (χ4n) is 5.01. The van der Waals surface area contributed by atoms with Crippen LogP contribution in [0.3, 0.4) is 0 Å². The van der Waals surface area contributed by atoms with E-state index in [1.165, 1.54) is 4.31 Å². The summed E-state index contributed by atoms with van der Waals surface area (Å²) in [6.45, 7) is 10.4. The average Bonchev–Trinajstić information content (AvgIpc) is 3.21. The van der Waals surface area contributed by atoms with Gasteiger partial charge < -0.3 is 9.72 Å². The summed E-state index contributed by atoms with van der Waals surface area (Å²) >= 11 is 0. The minimum Gasteiger partial charge on any atom is -0.377 e. The van der Waals surface area contributed by atoms with Crippen LogP contribution in [0.15, 0.2) is 40.0 Å². The van der Waals surface area contributed by atoms with Crippen molar-refractivity contribution in [2.75, 3.05) is 13.2 Å². The van der Waals surface area contributed by atoms with Gasteiger partial charge in [-0.2, -0.15) is 4.31 Å². The summed E-state index contributed by atoms with van der Waals surface area (Å²) in [5, 5.41) is 0.902. The Morgan fingerprint density at radius 1 is 0.970 bits per heavy atom. The number of fused-ring (bicyclic) bond motifs is 1. The largest absolute Gasteiger partial charge is 0.377 e. The summed E-state index contributed by atoms with van der Waals surface area (Å²) < 4.78 is 35.0. The van der Waals surface area contributed by atoms with Crippen LogP contribution in [0.1, 0.15) is 46.2 Å². The van der Waals surface area contributed by atoms with Crippen molar-refractivity contribution in [3.63, 3.8) is 0 Å². The summed E-state index contributed by atoms with van der Waals surface area (Å²) in [7, 11) is -3.85. The Bertz CT molecular complexity index is 1350. The van der Waals surface area contributed by atoms with Gasteiger partial charge in [0.2, 0.25) is 10.0 Å². The van der Waals surface area contributed by atoms with Crippen LogP contribution in [-0.2, 0) is 21.3 Å². The third-order valence-electron chi connectivity index (χ3n) is 6.35. The Morgan fingerprint density at radius 2 is 1.61 bits per heavy atom. The van der Waals surface area contributed by atoms with E-state index in [-0.39, 0.29) is 24.8 Å². The number of nitrogens with zero attached hydrogens (tertiary/aromatic N) is 1. The van der Waals surface area contributed by atoms with Gasteiger partial charge >= 0.3 is 0 Å². The number of nitrogens with one attached hydrogen (secondary N) is 1. The molecule has 0 unspecified atom stereocenters. The maximum atomic E-state index is 13.9. The van der Waals surface area contributed by atoms with Crippen LogP contribution in [0.4, 0.5) is 0 Å². The van der Waals surface area contributed by atoms with Gasteiger partial charge in [0.15, 0.2) is 0 Å². The number of pyridine rings is 1. The Morgan fingerprint density at radius 3 is 2.24 bits per heavy atom. The van der Waals surface area contributed by atoms with Gasteiger partial charge in [-0.1, -0.05) is 29.3 Å². The number of aromatic amines is 1. The van der Waals surface area contributed by atoms with Gasteiger partial charge in [-0.05, 0) is 81.7 Å². The van der Waals surface area contributed by atoms with E-state index in [4.69, 9.17) is 4.74 Å². The number of hydrogen-bond donors (Lipinski definition) is 1. The second-order valence-corrected chi connectivity index (χ2v) is 11.2. The van der Waals surface area contributed by atoms with Crippen molar-refractivity contribution in [1.82, 2.24) is 9.29 Å². The zero-order valence-electron chi connectivity index (χ0n) is 20.0. The van der Waals surface area contributed by atoms with Crippen molar-refractivity contribution < 1.29 is 13.2 Å². The number of benzene rings is 2. The van der Waals surface area contributed by atoms with E-state index >= 15 is 0 Å². The number of sulfonamides is 1. The molecule has 0 radical (unpaired) electrons. The van der Waals surface area contributed by atoms with E-state index in [2.05, 4.69) is 4.98 Å². The molecule has 7 heteroatoms. The molecule has 0 saturated carbocycles. The smallest absolute Gasteiger partial charge is 0.252 e. The Balaban J connectivity index is 1.80. The summed E-state index contributed by atoms with van der Waals surface area (Å²) in [5.41, 5.74) is 5.47. The van der Waals surface area contributed by atoms with Crippen LogP contribution in [0.25, 0.3) is 10.9 Å². The van der Waals surface area contributed by atoms with Crippen LogP contribution in [0.5, 0.6) is 0 Å². The van der Waals surface area contributed by atoms with E-state index < -0.39 is 10.0 Å². The first-order chi connectivity index (χ1) is 15.6. The zero-order valence-corrected chi connectivity index (χ0v) is 20.8. The highest BCUT2D eigenvalue weighted by atomic mass is 32.2. The van der Waals surface area contributed by atoms with Crippen molar-refractivity contribution in [3.8, 4) is 0 Å². The molecular weight excluding hydrogens is 436 g/mol. The zero-order chi connectivity index (χ0) is 23.9. The Kier molecular flexibility index (Phi) is 6.49. The van der Waals surface area contributed by atoms with Gasteiger partial charge in [0.05, 0.1) is 16.5 Å².